The van der Waals surface area contributed by atoms with Crippen LogP contribution in [0.2, 0.25) is 0 Å². The molecule has 4 rings (SSSR count). The predicted molar refractivity (Wildman–Crippen MR) is 170 cm³/mol. The van der Waals surface area contributed by atoms with E-state index >= 15 is 0 Å². The second-order valence-electron chi connectivity index (χ2n) is 10.9. The average Bonchev–Trinajstić information content (AvgIpc) is 3.44. The van der Waals surface area contributed by atoms with E-state index < -0.39 is 55.2 Å². The Hall–Kier alpha value is -4.74. The number of hydrogen-bond donors (Lipinski definition) is 1. The Morgan fingerprint density at radius 1 is 0.723 bits per heavy atom. The summed E-state index contributed by atoms with van der Waals surface area (Å²) in [6, 6.07) is 24.8. The number of aliphatic hydroxyl groups is 1. The fourth-order valence-corrected chi connectivity index (χ4v) is 5.03. The lowest BCUT2D eigenvalue weighted by Gasteiger charge is -2.26. The molecule has 0 aliphatic carbocycles. The quantitative estimate of drug-likeness (QED) is 0.0433. The largest absolute Gasteiger partial charge is 0.459 e. The third kappa shape index (κ3) is 10.9. The third-order valence-electron chi connectivity index (χ3n) is 7.48. The normalized spacial score (nSPS) is 19.3. The summed E-state index contributed by atoms with van der Waals surface area (Å²) < 4.78 is 29.2. The Labute approximate surface area is 273 Å². The van der Waals surface area contributed by atoms with Crippen LogP contribution in [0.15, 0.2) is 96.1 Å². The number of unbranched alkanes of at least 4 members (excludes halogenated alkanes) is 5. The Bertz CT molecular complexity index is 1450. The van der Waals surface area contributed by atoms with Crippen LogP contribution in [0.5, 0.6) is 0 Å². The number of aliphatic hydroxyl groups excluding tert-OH is 1. The van der Waals surface area contributed by atoms with Gasteiger partial charge in [0.05, 0.1) is 16.7 Å². The van der Waals surface area contributed by atoms with Crippen LogP contribution < -0.4 is 0 Å². The minimum atomic E-state index is -1.46. The molecule has 0 saturated carbocycles. The highest BCUT2D eigenvalue weighted by Gasteiger charge is 2.53. The van der Waals surface area contributed by atoms with E-state index in [1.165, 1.54) is 0 Å². The second-order valence-corrected chi connectivity index (χ2v) is 10.9. The molecule has 1 aliphatic rings. The number of ether oxygens (including phenoxy) is 5. The van der Waals surface area contributed by atoms with E-state index in [-0.39, 0.29) is 17.7 Å². The van der Waals surface area contributed by atoms with Crippen molar-refractivity contribution in [2.24, 2.45) is 5.11 Å². The van der Waals surface area contributed by atoms with E-state index in [9.17, 15) is 19.5 Å². The van der Waals surface area contributed by atoms with Gasteiger partial charge in [0.1, 0.15) is 18.8 Å². The molecule has 0 spiro atoms. The highest BCUT2D eigenvalue weighted by molar-refractivity contribution is 5.90. The van der Waals surface area contributed by atoms with Gasteiger partial charge in [0.25, 0.3) is 0 Å². The first-order chi connectivity index (χ1) is 23.0. The van der Waals surface area contributed by atoms with Gasteiger partial charge < -0.3 is 28.8 Å². The summed E-state index contributed by atoms with van der Waals surface area (Å²) >= 11 is 0. The van der Waals surface area contributed by atoms with Crippen molar-refractivity contribution >= 4 is 17.9 Å². The van der Waals surface area contributed by atoms with Crippen LogP contribution in [0.3, 0.4) is 0 Å². The second kappa shape index (κ2) is 19.0. The summed E-state index contributed by atoms with van der Waals surface area (Å²) in [7, 11) is 0. The van der Waals surface area contributed by atoms with Gasteiger partial charge in [-0.15, -0.1) is 0 Å². The van der Waals surface area contributed by atoms with E-state index in [0.717, 1.165) is 32.1 Å². The molecule has 47 heavy (non-hydrogen) atoms. The highest BCUT2D eigenvalue weighted by Crippen LogP contribution is 2.32. The molecule has 1 aliphatic heterocycles. The van der Waals surface area contributed by atoms with Gasteiger partial charge in [0, 0.05) is 18.1 Å². The maximum absolute atomic E-state index is 13.2. The van der Waals surface area contributed by atoms with Crippen molar-refractivity contribution < 1.29 is 43.2 Å². The molecule has 0 amide bonds. The van der Waals surface area contributed by atoms with E-state index in [1.54, 1.807) is 91.0 Å². The van der Waals surface area contributed by atoms with Crippen molar-refractivity contribution in [1.29, 1.82) is 0 Å². The Morgan fingerprint density at radius 3 is 1.77 bits per heavy atom. The first-order valence-corrected chi connectivity index (χ1v) is 15.7. The van der Waals surface area contributed by atoms with Crippen LogP contribution >= 0.6 is 0 Å². The van der Waals surface area contributed by atoms with Gasteiger partial charge in [-0.2, -0.15) is 0 Å². The molecule has 0 aromatic heterocycles. The molecule has 12 nitrogen and oxygen atoms in total. The van der Waals surface area contributed by atoms with Gasteiger partial charge in [-0.3, -0.25) is 0 Å². The highest BCUT2D eigenvalue weighted by atomic mass is 16.7. The summed E-state index contributed by atoms with van der Waals surface area (Å²) in [6.07, 6.45) is -1.23. The predicted octanol–water partition coefficient (Wildman–Crippen LogP) is 6.05. The molecule has 3 aromatic carbocycles. The fourth-order valence-electron chi connectivity index (χ4n) is 5.03. The topological polar surface area (TPSA) is 166 Å². The zero-order valence-electron chi connectivity index (χ0n) is 26.0. The average molecular weight is 646 g/mol. The number of hydrogen-bond acceptors (Lipinski definition) is 10. The molecule has 0 bridgehead atoms. The lowest BCUT2D eigenvalue weighted by molar-refractivity contribution is -0.181. The lowest BCUT2D eigenvalue weighted by atomic mass is 10.1. The summed E-state index contributed by atoms with van der Waals surface area (Å²) in [5, 5.41) is 14.8. The molecule has 0 radical (unpaired) electrons. The van der Waals surface area contributed by atoms with Crippen molar-refractivity contribution in [3.8, 4) is 0 Å². The summed E-state index contributed by atoms with van der Waals surface area (Å²) in [4.78, 5) is 41.8. The molecule has 0 unspecified atom stereocenters. The Balaban J connectivity index is 1.48. The number of carbonyl (C=O) groups is 3. The molecule has 5 atom stereocenters. The SMILES string of the molecule is [N-]=[N+]=NCCCCCCCCO[C@@H]1O[C@@H]([C@H](O)COC(=O)c2ccccc2)[C@H](OC(=O)c2ccccc2)[C@H]1OC(=O)c1ccccc1. The van der Waals surface area contributed by atoms with Crippen molar-refractivity contribution in [3.05, 3.63) is 118 Å². The van der Waals surface area contributed by atoms with Gasteiger partial charge in [0.15, 0.2) is 18.5 Å². The molecule has 248 valence electrons. The molecule has 1 N–H and O–H groups in total. The van der Waals surface area contributed by atoms with Crippen LogP contribution in [0.1, 0.15) is 69.6 Å². The zero-order valence-corrected chi connectivity index (χ0v) is 26.0. The Morgan fingerprint density at radius 2 is 1.21 bits per heavy atom. The van der Waals surface area contributed by atoms with E-state index in [1.807, 2.05) is 0 Å². The molecule has 12 heteroatoms. The van der Waals surface area contributed by atoms with E-state index in [2.05, 4.69) is 10.0 Å². The lowest BCUT2D eigenvalue weighted by Crippen LogP contribution is -2.46. The maximum atomic E-state index is 13.2. The number of carbonyl (C=O) groups excluding carboxylic acids is 3. The Kier molecular flexibility index (Phi) is 14.2. The third-order valence-corrected chi connectivity index (χ3v) is 7.48. The summed E-state index contributed by atoms with van der Waals surface area (Å²) in [5.41, 5.74) is 9.18. The molecular formula is C35H39N3O9. The fraction of sp³-hybridized carbons (Fsp3) is 0.400. The summed E-state index contributed by atoms with van der Waals surface area (Å²) in [6.45, 7) is 0.244. The standard InChI is InChI=1S/C35H39N3O9/c36-38-37-22-14-3-1-2-4-15-23-43-35-31(46-34(42)27-20-12-7-13-21-27)30(45-33(41)26-18-10-6-11-19-26)29(47-35)28(39)24-44-32(40)25-16-8-5-9-17-25/h5-13,16-21,28-31,35,39H,1-4,14-15,22-24H2/t28-,29+,30+,31-,35-/m1/s1. The van der Waals surface area contributed by atoms with Crippen LogP contribution in [0.4, 0.5) is 0 Å². The number of esters is 3. The summed E-state index contributed by atoms with van der Waals surface area (Å²) in [5.74, 6) is -2.07. The number of rotatable bonds is 18. The van der Waals surface area contributed by atoms with Gasteiger partial charge >= 0.3 is 17.9 Å². The minimum Gasteiger partial charge on any atom is -0.459 e. The van der Waals surface area contributed by atoms with Crippen molar-refractivity contribution in [1.82, 2.24) is 0 Å². The van der Waals surface area contributed by atoms with Crippen molar-refractivity contribution in [2.75, 3.05) is 19.8 Å². The van der Waals surface area contributed by atoms with Crippen molar-refractivity contribution in [3.63, 3.8) is 0 Å². The van der Waals surface area contributed by atoms with E-state index in [4.69, 9.17) is 29.2 Å². The van der Waals surface area contributed by atoms with Gasteiger partial charge in [-0.1, -0.05) is 85.4 Å². The van der Waals surface area contributed by atoms with Crippen LogP contribution in [0.25, 0.3) is 10.4 Å². The number of benzene rings is 3. The molecule has 1 heterocycles. The number of azide groups is 1. The monoisotopic (exact) mass is 645 g/mol. The van der Waals surface area contributed by atoms with Gasteiger partial charge in [0.2, 0.25) is 0 Å². The molecule has 3 aromatic rings. The first-order valence-electron chi connectivity index (χ1n) is 15.7. The van der Waals surface area contributed by atoms with Gasteiger partial charge in [-0.05, 0) is 54.8 Å². The molecular weight excluding hydrogens is 606 g/mol. The zero-order chi connectivity index (χ0) is 33.3. The first kappa shape index (κ1) is 35.1. The van der Waals surface area contributed by atoms with Crippen LogP contribution in [-0.2, 0) is 23.7 Å². The van der Waals surface area contributed by atoms with Crippen LogP contribution in [0, 0.1) is 0 Å². The molecule has 1 saturated heterocycles. The minimum absolute atomic E-state index is 0.244. The smallest absolute Gasteiger partial charge is 0.338 e. The van der Waals surface area contributed by atoms with Crippen molar-refractivity contribution in [2.45, 2.75) is 69.2 Å². The molecule has 1 fully saturated rings. The van der Waals surface area contributed by atoms with Gasteiger partial charge in [-0.25, -0.2) is 14.4 Å². The van der Waals surface area contributed by atoms with Crippen LogP contribution in [-0.4, -0.2) is 73.5 Å². The maximum Gasteiger partial charge on any atom is 0.338 e. The van der Waals surface area contributed by atoms with E-state index in [0.29, 0.717) is 18.5 Å². The number of nitrogens with zero attached hydrogens (tertiary/aromatic N) is 3.